The first kappa shape index (κ1) is 16.4. The SMILES string of the molecule is O=C(CCn1nnc(-c2ccccc2)n1)N1CCC[C@@H]1c1ccccn1. The second kappa shape index (κ2) is 7.43. The summed E-state index contributed by atoms with van der Waals surface area (Å²) in [6.07, 6.45) is 4.10. The molecule has 0 unspecified atom stereocenters. The number of hydrogen-bond donors (Lipinski definition) is 0. The third kappa shape index (κ3) is 3.46. The second-order valence-electron chi connectivity index (χ2n) is 6.32. The van der Waals surface area contributed by atoms with Gasteiger partial charge in [-0.3, -0.25) is 9.78 Å². The van der Waals surface area contributed by atoms with Gasteiger partial charge in [0.05, 0.1) is 18.3 Å². The molecule has 1 amide bonds. The van der Waals surface area contributed by atoms with Crippen LogP contribution in [0.4, 0.5) is 0 Å². The van der Waals surface area contributed by atoms with E-state index in [2.05, 4.69) is 20.4 Å². The van der Waals surface area contributed by atoms with Gasteiger partial charge in [-0.1, -0.05) is 36.4 Å². The second-order valence-corrected chi connectivity index (χ2v) is 6.32. The number of benzene rings is 1. The van der Waals surface area contributed by atoms with Gasteiger partial charge in [0, 0.05) is 24.7 Å². The number of hydrogen-bond acceptors (Lipinski definition) is 5. The molecule has 3 heterocycles. The molecular weight excluding hydrogens is 328 g/mol. The van der Waals surface area contributed by atoms with Crippen molar-refractivity contribution in [3.8, 4) is 11.4 Å². The summed E-state index contributed by atoms with van der Waals surface area (Å²) >= 11 is 0. The normalized spacial score (nSPS) is 16.8. The van der Waals surface area contributed by atoms with Crippen LogP contribution >= 0.6 is 0 Å². The van der Waals surface area contributed by atoms with E-state index in [0.29, 0.717) is 18.8 Å². The molecule has 26 heavy (non-hydrogen) atoms. The summed E-state index contributed by atoms with van der Waals surface area (Å²) < 4.78 is 0. The average molecular weight is 348 g/mol. The van der Waals surface area contributed by atoms with Crippen LogP contribution in [0.2, 0.25) is 0 Å². The predicted octanol–water partition coefficient (Wildman–Crippen LogP) is 2.49. The number of aromatic nitrogens is 5. The molecule has 7 nitrogen and oxygen atoms in total. The highest BCUT2D eigenvalue weighted by molar-refractivity contribution is 5.76. The van der Waals surface area contributed by atoms with E-state index >= 15 is 0 Å². The molecule has 4 rings (SSSR count). The number of likely N-dealkylation sites (tertiary alicyclic amines) is 1. The van der Waals surface area contributed by atoms with Crippen molar-refractivity contribution in [2.24, 2.45) is 0 Å². The predicted molar refractivity (Wildman–Crippen MR) is 95.8 cm³/mol. The summed E-state index contributed by atoms with van der Waals surface area (Å²) in [7, 11) is 0. The van der Waals surface area contributed by atoms with Gasteiger partial charge < -0.3 is 4.90 Å². The molecular formula is C19H20N6O. The molecule has 0 aliphatic carbocycles. The van der Waals surface area contributed by atoms with E-state index in [1.165, 1.54) is 4.80 Å². The quantitative estimate of drug-likeness (QED) is 0.708. The molecule has 1 aromatic carbocycles. The van der Waals surface area contributed by atoms with Gasteiger partial charge >= 0.3 is 0 Å². The molecule has 1 aliphatic heterocycles. The van der Waals surface area contributed by atoms with Crippen LogP contribution in [0.5, 0.6) is 0 Å². The molecule has 0 saturated carbocycles. The van der Waals surface area contributed by atoms with Crippen LogP contribution in [-0.4, -0.2) is 42.5 Å². The Labute approximate surface area is 151 Å². The van der Waals surface area contributed by atoms with Gasteiger partial charge in [0.15, 0.2) is 0 Å². The zero-order valence-corrected chi connectivity index (χ0v) is 14.4. The Morgan fingerprint density at radius 2 is 1.96 bits per heavy atom. The fourth-order valence-corrected chi connectivity index (χ4v) is 3.33. The summed E-state index contributed by atoms with van der Waals surface area (Å²) in [6, 6.07) is 15.6. The van der Waals surface area contributed by atoms with Gasteiger partial charge in [0.2, 0.25) is 11.7 Å². The van der Waals surface area contributed by atoms with Gasteiger partial charge in [-0.25, -0.2) is 0 Å². The molecule has 0 N–H and O–H groups in total. The highest BCUT2D eigenvalue weighted by Gasteiger charge is 2.30. The van der Waals surface area contributed by atoms with Crippen molar-refractivity contribution >= 4 is 5.91 Å². The van der Waals surface area contributed by atoms with Crippen LogP contribution in [0.3, 0.4) is 0 Å². The Morgan fingerprint density at radius 3 is 2.77 bits per heavy atom. The lowest BCUT2D eigenvalue weighted by Gasteiger charge is -2.24. The Bertz CT molecular complexity index is 864. The molecule has 7 heteroatoms. The van der Waals surface area contributed by atoms with E-state index in [1.54, 1.807) is 6.20 Å². The summed E-state index contributed by atoms with van der Waals surface area (Å²) in [5, 5.41) is 12.5. The maximum absolute atomic E-state index is 12.7. The first-order chi connectivity index (χ1) is 12.8. The smallest absolute Gasteiger partial charge is 0.225 e. The van der Waals surface area contributed by atoms with Crippen LogP contribution in [0.15, 0.2) is 54.7 Å². The summed E-state index contributed by atoms with van der Waals surface area (Å²) in [5.74, 6) is 0.683. The van der Waals surface area contributed by atoms with Crippen molar-refractivity contribution in [3.63, 3.8) is 0 Å². The first-order valence-corrected chi connectivity index (χ1v) is 8.85. The van der Waals surface area contributed by atoms with Gasteiger partial charge in [0.25, 0.3) is 0 Å². The van der Waals surface area contributed by atoms with Crippen LogP contribution in [0.1, 0.15) is 31.0 Å². The fraction of sp³-hybridized carbons (Fsp3) is 0.316. The fourth-order valence-electron chi connectivity index (χ4n) is 3.33. The minimum absolute atomic E-state index is 0.0762. The molecule has 1 fully saturated rings. The van der Waals surface area contributed by atoms with E-state index in [9.17, 15) is 4.79 Å². The van der Waals surface area contributed by atoms with Crippen molar-refractivity contribution in [3.05, 3.63) is 60.4 Å². The molecule has 2 aromatic heterocycles. The molecule has 0 bridgehead atoms. The van der Waals surface area contributed by atoms with E-state index in [0.717, 1.165) is 30.6 Å². The van der Waals surface area contributed by atoms with Gasteiger partial charge in [0.1, 0.15) is 0 Å². The maximum Gasteiger partial charge on any atom is 0.225 e. The van der Waals surface area contributed by atoms with E-state index < -0.39 is 0 Å². The lowest BCUT2D eigenvalue weighted by atomic mass is 10.1. The highest BCUT2D eigenvalue weighted by Crippen LogP contribution is 2.31. The zero-order valence-electron chi connectivity index (χ0n) is 14.4. The Hall–Kier alpha value is -3.09. The average Bonchev–Trinajstić information content (AvgIpc) is 3.37. The lowest BCUT2D eigenvalue weighted by molar-refractivity contribution is -0.132. The third-order valence-corrected chi connectivity index (χ3v) is 4.61. The number of carbonyl (C=O) groups is 1. The minimum Gasteiger partial charge on any atom is -0.334 e. The standard InChI is InChI=1S/C19H20N6O/c26-18(24-13-6-10-17(24)16-9-4-5-12-20-16)11-14-25-22-19(21-23-25)15-7-2-1-3-8-15/h1-5,7-9,12,17H,6,10-11,13-14H2/t17-/m1/s1. The van der Waals surface area contributed by atoms with Crippen molar-refractivity contribution in [2.75, 3.05) is 6.54 Å². The van der Waals surface area contributed by atoms with E-state index in [1.807, 2.05) is 53.4 Å². The molecule has 1 aliphatic rings. The number of nitrogens with zero attached hydrogens (tertiary/aromatic N) is 6. The van der Waals surface area contributed by atoms with E-state index in [4.69, 9.17) is 0 Å². The summed E-state index contributed by atoms with van der Waals surface area (Å²) in [6.45, 7) is 1.20. The van der Waals surface area contributed by atoms with Crippen LogP contribution < -0.4 is 0 Å². The van der Waals surface area contributed by atoms with Gasteiger partial charge in [-0.05, 0) is 30.2 Å². The van der Waals surface area contributed by atoms with Crippen molar-refractivity contribution in [2.45, 2.75) is 31.8 Å². The zero-order chi connectivity index (χ0) is 17.8. The lowest BCUT2D eigenvalue weighted by Crippen LogP contribution is -2.31. The monoisotopic (exact) mass is 348 g/mol. The summed E-state index contributed by atoms with van der Waals surface area (Å²) in [5.41, 5.74) is 1.88. The first-order valence-electron chi connectivity index (χ1n) is 8.85. The molecule has 132 valence electrons. The molecule has 3 aromatic rings. The number of tetrazole rings is 1. The third-order valence-electron chi connectivity index (χ3n) is 4.61. The van der Waals surface area contributed by atoms with E-state index in [-0.39, 0.29) is 11.9 Å². The van der Waals surface area contributed by atoms with Crippen molar-refractivity contribution in [1.82, 2.24) is 30.1 Å². The number of aryl methyl sites for hydroxylation is 1. The topological polar surface area (TPSA) is 76.8 Å². The van der Waals surface area contributed by atoms with Crippen LogP contribution in [0.25, 0.3) is 11.4 Å². The Morgan fingerprint density at radius 1 is 1.12 bits per heavy atom. The Balaban J connectivity index is 1.39. The van der Waals surface area contributed by atoms with Crippen LogP contribution in [0, 0.1) is 0 Å². The van der Waals surface area contributed by atoms with Gasteiger partial charge in [-0.2, -0.15) is 4.80 Å². The number of rotatable bonds is 5. The number of pyridine rings is 1. The molecule has 1 saturated heterocycles. The maximum atomic E-state index is 12.7. The summed E-state index contributed by atoms with van der Waals surface area (Å²) in [4.78, 5) is 20.5. The number of carbonyl (C=O) groups excluding carboxylic acids is 1. The largest absolute Gasteiger partial charge is 0.334 e. The molecule has 0 spiro atoms. The van der Waals surface area contributed by atoms with Crippen LogP contribution in [-0.2, 0) is 11.3 Å². The molecule has 1 atom stereocenters. The molecule has 0 radical (unpaired) electrons. The highest BCUT2D eigenvalue weighted by atomic mass is 16.2. The minimum atomic E-state index is 0.0762. The van der Waals surface area contributed by atoms with Gasteiger partial charge in [-0.15, -0.1) is 10.2 Å². The Kier molecular flexibility index (Phi) is 4.68. The van der Waals surface area contributed by atoms with Crippen molar-refractivity contribution < 1.29 is 4.79 Å². The van der Waals surface area contributed by atoms with Crippen molar-refractivity contribution in [1.29, 1.82) is 0 Å². The number of amides is 1.